The number of hydrogen-bond acceptors (Lipinski definition) is 3. The molecule has 0 spiro atoms. The molecule has 0 unspecified atom stereocenters. The minimum atomic E-state index is 0.438. The second-order valence-electron chi connectivity index (χ2n) is 7.01. The number of thiocarbonyl (C=S) groups is 1. The van der Waals surface area contributed by atoms with E-state index in [-0.39, 0.29) is 0 Å². The van der Waals surface area contributed by atoms with Crippen LogP contribution in [0.15, 0.2) is 60.9 Å². The van der Waals surface area contributed by atoms with Crippen LogP contribution in [0.5, 0.6) is 0 Å². The Balaban J connectivity index is 1.40. The molecule has 1 saturated carbocycles. The molecule has 0 aliphatic heterocycles. The number of nitrogens with one attached hydrogen (secondary N) is 2. The molecule has 27 heavy (non-hydrogen) atoms. The Morgan fingerprint density at radius 3 is 2.52 bits per heavy atom. The van der Waals surface area contributed by atoms with E-state index in [9.17, 15) is 5.26 Å². The zero-order valence-electron chi connectivity index (χ0n) is 14.8. The normalized spacial score (nSPS) is 23.1. The monoisotopic (exact) mass is 372 g/mol. The van der Waals surface area contributed by atoms with E-state index in [0.29, 0.717) is 28.6 Å². The Kier molecular flexibility index (Phi) is 4.99. The van der Waals surface area contributed by atoms with Gasteiger partial charge in [-0.1, -0.05) is 24.3 Å². The molecule has 4 rings (SSSR count). The Morgan fingerprint density at radius 2 is 1.89 bits per heavy atom. The van der Waals surface area contributed by atoms with E-state index in [2.05, 4.69) is 33.8 Å². The lowest BCUT2D eigenvalue weighted by molar-refractivity contribution is 0.526. The number of nitrogens with zero attached hydrogens (tertiary/aromatic N) is 2. The minimum Gasteiger partial charge on any atom is -0.359 e. The number of benzene rings is 1. The third-order valence-electron chi connectivity index (χ3n) is 5.19. The fourth-order valence-electron chi connectivity index (χ4n) is 3.82. The van der Waals surface area contributed by atoms with Gasteiger partial charge in [0.2, 0.25) is 0 Å². The zero-order valence-corrected chi connectivity index (χ0v) is 15.6. The highest BCUT2D eigenvalue weighted by Crippen LogP contribution is 2.38. The lowest BCUT2D eigenvalue weighted by atomic mass is 10.0. The quantitative estimate of drug-likeness (QED) is 0.473. The number of hydrogen-bond donors (Lipinski definition) is 2. The van der Waals surface area contributed by atoms with Gasteiger partial charge in [-0.15, -0.1) is 0 Å². The number of allylic oxidation sites excluding steroid dienone is 2. The van der Waals surface area contributed by atoms with Crippen LogP contribution in [0.2, 0.25) is 0 Å². The molecule has 0 radical (unpaired) electrons. The molecule has 2 bridgehead atoms. The molecule has 4 nitrogen and oxygen atoms in total. The van der Waals surface area contributed by atoms with Gasteiger partial charge in [0, 0.05) is 24.1 Å². The first kappa shape index (κ1) is 17.4. The van der Waals surface area contributed by atoms with E-state index < -0.39 is 0 Å². The van der Waals surface area contributed by atoms with Crippen molar-refractivity contribution in [3.63, 3.8) is 0 Å². The van der Waals surface area contributed by atoms with Crippen molar-refractivity contribution in [3.8, 4) is 6.07 Å². The molecule has 1 fully saturated rings. The van der Waals surface area contributed by atoms with Gasteiger partial charge in [0.1, 0.15) is 0 Å². The van der Waals surface area contributed by atoms with Gasteiger partial charge in [-0.05, 0) is 78.4 Å². The van der Waals surface area contributed by atoms with Gasteiger partial charge in [0.15, 0.2) is 5.11 Å². The molecule has 1 aromatic heterocycles. The summed E-state index contributed by atoms with van der Waals surface area (Å²) in [5, 5.41) is 16.8. The second kappa shape index (κ2) is 7.73. The molecule has 5 heteroatoms. The van der Waals surface area contributed by atoms with Gasteiger partial charge >= 0.3 is 0 Å². The summed E-state index contributed by atoms with van der Waals surface area (Å²) in [6.07, 6.45) is 12.3. The first-order valence-electron chi connectivity index (χ1n) is 9.09. The van der Waals surface area contributed by atoms with Crippen LogP contribution in [0.1, 0.15) is 24.0 Å². The number of rotatable bonds is 4. The van der Waals surface area contributed by atoms with Crippen molar-refractivity contribution in [1.29, 1.82) is 5.26 Å². The molecular weight excluding hydrogens is 352 g/mol. The molecule has 2 aliphatic rings. The van der Waals surface area contributed by atoms with E-state index in [0.717, 1.165) is 23.2 Å². The summed E-state index contributed by atoms with van der Waals surface area (Å²) in [6.45, 7) is 0. The van der Waals surface area contributed by atoms with Gasteiger partial charge in [-0.25, -0.2) is 0 Å². The van der Waals surface area contributed by atoms with Crippen LogP contribution in [0.4, 0.5) is 5.69 Å². The average Bonchev–Trinajstić information content (AvgIpc) is 3.31. The second-order valence-corrected chi connectivity index (χ2v) is 7.42. The maximum absolute atomic E-state index is 9.48. The van der Waals surface area contributed by atoms with Crippen molar-refractivity contribution in [3.05, 3.63) is 72.1 Å². The first-order chi connectivity index (χ1) is 13.2. The van der Waals surface area contributed by atoms with Crippen molar-refractivity contribution < 1.29 is 0 Å². The SMILES string of the molecule is N#C/C(=C\c1ccncc1)c1ccc(NC(=S)N[C@@H]2C[C@H]3C=C[C@H]2C3)cc1. The van der Waals surface area contributed by atoms with Crippen LogP contribution >= 0.6 is 12.2 Å². The molecule has 0 saturated heterocycles. The Morgan fingerprint density at radius 1 is 1.11 bits per heavy atom. The molecule has 3 atom stereocenters. The largest absolute Gasteiger partial charge is 0.359 e. The topological polar surface area (TPSA) is 60.7 Å². The lowest BCUT2D eigenvalue weighted by Gasteiger charge is -2.22. The summed E-state index contributed by atoms with van der Waals surface area (Å²) < 4.78 is 0. The van der Waals surface area contributed by atoms with Crippen LogP contribution in [0.3, 0.4) is 0 Å². The zero-order chi connectivity index (χ0) is 18.6. The summed E-state index contributed by atoms with van der Waals surface area (Å²) in [5.74, 6) is 1.32. The van der Waals surface area contributed by atoms with Crippen molar-refractivity contribution in [2.45, 2.75) is 18.9 Å². The summed E-state index contributed by atoms with van der Waals surface area (Å²) >= 11 is 5.47. The van der Waals surface area contributed by atoms with Gasteiger partial charge in [-0.3, -0.25) is 4.98 Å². The summed E-state index contributed by atoms with van der Waals surface area (Å²) in [7, 11) is 0. The molecule has 2 N–H and O–H groups in total. The molecule has 1 heterocycles. The maximum Gasteiger partial charge on any atom is 0.171 e. The van der Waals surface area contributed by atoms with E-state index >= 15 is 0 Å². The molecule has 2 aliphatic carbocycles. The van der Waals surface area contributed by atoms with Crippen molar-refractivity contribution >= 4 is 34.7 Å². The Hall–Kier alpha value is -2.97. The fraction of sp³-hybridized carbons (Fsp3) is 0.227. The van der Waals surface area contributed by atoms with E-state index in [4.69, 9.17) is 12.2 Å². The molecular formula is C22H20N4S. The highest BCUT2D eigenvalue weighted by atomic mass is 32.1. The van der Waals surface area contributed by atoms with Crippen molar-refractivity contribution in [2.24, 2.45) is 11.8 Å². The highest BCUT2D eigenvalue weighted by molar-refractivity contribution is 7.80. The van der Waals surface area contributed by atoms with Crippen LogP contribution in [0.25, 0.3) is 11.6 Å². The van der Waals surface area contributed by atoms with Gasteiger partial charge in [-0.2, -0.15) is 5.26 Å². The molecule has 1 aromatic carbocycles. The molecule has 0 amide bonds. The first-order valence-corrected chi connectivity index (χ1v) is 9.50. The fourth-order valence-corrected chi connectivity index (χ4v) is 4.09. The smallest absolute Gasteiger partial charge is 0.171 e. The number of aromatic nitrogens is 1. The Bertz CT molecular complexity index is 925. The van der Waals surface area contributed by atoms with Crippen LogP contribution in [0, 0.1) is 23.2 Å². The lowest BCUT2D eigenvalue weighted by Crippen LogP contribution is -2.40. The van der Waals surface area contributed by atoms with Crippen LogP contribution in [-0.2, 0) is 0 Å². The van der Waals surface area contributed by atoms with Gasteiger partial charge in [0.05, 0.1) is 11.6 Å². The van der Waals surface area contributed by atoms with E-state index in [1.165, 1.54) is 6.42 Å². The minimum absolute atomic E-state index is 0.438. The standard InChI is InChI=1S/C22H20N4S/c23-14-19(11-15-7-9-24-10-8-15)17-3-5-20(6-4-17)25-22(27)26-21-13-16-1-2-18(21)12-16/h1-11,16,18,21H,12-13H2,(H2,25,26,27)/b19-11+/t16-,18-,21+/m0/s1. The van der Waals surface area contributed by atoms with Crippen molar-refractivity contribution in [1.82, 2.24) is 10.3 Å². The van der Waals surface area contributed by atoms with Gasteiger partial charge < -0.3 is 10.6 Å². The Labute approximate surface area is 164 Å². The third kappa shape index (κ3) is 4.07. The molecule has 2 aromatic rings. The summed E-state index contributed by atoms with van der Waals surface area (Å²) in [5.41, 5.74) is 3.35. The van der Waals surface area contributed by atoms with Crippen molar-refractivity contribution in [2.75, 3.05) is 5.32 Å². The summed E-state index contributed by atoms with van der Waals surface area (Å²) in [6, 6.07) is 14.2. The number of fused-ring (bicyclic) bond motifs is 2. The number of nitriles is 1. The third-order valence-corrected chi connectivity index (χ3v) is 5.41. The molecule has 134 valence electrons. The number of anilines is 1. The predicted octanol–water partition coefficient (Wildman–Crippen LogP) is 4.40. The van der Waals surface area contributed by atoms with E-state index in [1.807, 2.05) is 42.5 Å². The predicted molar refractivity (Wildman–Crippen MR) is 113 cm³/mol. The van der Waals surface area contributed by atoms with Gasteiger partial charge in [0.25, 0.3) is 0 Å². The number of pyridine rings is 1. The van der Waals surface area contributed by atoms with Crippen LogP contribution in [-0.4, -0.2) is 16.1 Å². The summed E-state index contributed by atoms with van der Waals surface area (Å²) in [4.78, 5) is 4.00. The average molecular weight is 372 g/mol. The van der Waals surface area contributed by atoms with Crippen LogP contribution < -0.4 is 10.6 Å². The maximum atomic E-state index is 9.48. The van der Waals surface area contributed by atoms with E-state index in [1.54, 1.807) is 12.4 Å². The highest BCUT2D eigenvalue weighted by Gasteiger charge is 2.35.